The highest BCUT2D eigenvalue weighted by Gasteiger charge is 2.03. The van der Waals surface area contributed by atoms with Gasteiger partial charge in [-0.05, 0) is 54.9 Å². The van der Waals surface area contributed by atoms with Gasteiger partial charge in [0.2, 0.25) is 0 Å². The summed E-state index contributed by atoms with van der Waals surface area (Å²) in [4.78, 5) is 11.7. The van der Waals surface area contributed by atoms with Gasteiger partial charge in [-0.2, -0.15) is 0 Å². The summed E-state index contributed by atoms with van der Waals surface area (Å²) in [5, 5.41) is 3.43. The minimum absolute atomic E-state index is 0.0920. The largest absolute Gasteiger partial charge is 0.484 e. The summed E-state index contributed by atoms with van der Waals surface area (Å²) in [6.45, 7) is 0.636. The Morgan fingerprint density at radius 1 is 1.04 bits per heavy atom. The highest BCUT2D eigenvalue weighted by atomic mass is 79.9. The van der Waals surface area contributed by atoms with Crippen molar-refractivity contribution in [3.05, 3.63) is 64.6 Å². The first-order valence-electron chi connectivity index (χ1n) is 7.88. The number of halogens is 1. The maximum absolute atomic E-state index is 11.7. The number of rotatable bonds is 7. The van der Waals surface area contributed by atoms with E-state index in [0.29, 0.717) is 10.9 Å². The highest BCUT2D eigenvalue weighted by molar-refractivity contribution is 9.10. The minimum Gasteiger partial charge on any atom is -0.484 e. The first kappa shape index (κ1) is 19.2. The van der Waals surface area contributed by atoms with Crippen molar-refractivity contribution < 1.29 is 9.53 Å². The molecule has 0 spiro atoms. The highest BCUT2D eigenvalue weighted by Crippen LogP contribution is 2.15. The van der Waals surface area contributed by atoms with Crippen molar-refractivity contribution in [1.82, 2.24) is 16.2 Å². The van der Waals surface area contributed by atoms with E-state index in [1.54, 1.807) is 12.1 Å². The van der Waals surface area contributed by atoms with Crippen molar-refractivity contribution in [3.63, 3.8) is 0 Å². The summed E-state index contributed by atoms with van der Waals surface area (Å²) in [6, 6.07) is 17.5. The number of ether oxygens (including phenoxy) is 1. The molecule has 25 heavy (non-hydrogen) atoms. The van der Waals surface area contributed by atoms with Crippen molar-refractivity contribution in [1.29, 1.82) is 0 Å². The van der Waals surface area contributed by atoms with E-state index in [2.05, 4.69) is 44.2 Å². The molecular weight excluding hydrogens is 402 g/mol. The van der Waals surface area contributed by atoms with E-state index in [4.69, 9.17) is 17.0 Å². The molecule has 0 aliphatic carbocycles. The van der Waals surface area contributed by atoms with Crippen LogP contribution in [0, 0.1) is 0 Å². The fraction of sp³-hybridized carbons (Fsp3) is 0.222. The third-order valence-electron chi connectivity index (χ3n) is 3.27. The Bertz CT molecular complexity index is 680. The standard InChI is InChI=1S/C18H20BrN3O2S/c19-15-8-10-16(11-9-15)24-13-17(23)21-22-18(25)20-12-4-7-14-5-2-1-3-6-14/h1-3,5-6,8-11H,4,7,12-13H2,(H,21,23)(H2,20,22,25). The number of nitrogens with one attached hydrogen (secondary N) is 3. The van der Waals surface area contributed by atoms with Crippen LogP contribution in [0.1, 0.15) is 12.0 Å². The Kier molecular flexibility index (Phi) is 8.21. The van der Waals surface area contributed by atoms with E-state index < -0.39 is 0 Å². The van der Waals surface area contributed by atoms with Crippen LogP contribution < -0.4 is 20.9 Å². The first-order chi connectivity index (χ1) is 12.1. The molecule has 0 radical (unpaired) electrons. The zero-order chi connectivity index (χ0) is 17.9. The average molecular weight is 422 g/mol. The number of carbonyl (C=O) groups excluding carboxylic acids is 1. The molecule has 2 rings (SSSR count). The van der Waals surface area contributed by atoms with Crippen LogP contribution in [-0.2, 0) is 11.2 Å². The smallest absolute Gasteiger partial charge is 0.276 e. The van der Waals surface area contributed by atoms with Gasteiger partial charge >= 0.3 is 0 Å². The summed E-state index contributed by atoms with van der Waals surface area (Å²) in [5.41, 5.74) is 6.45. The molecule has 0 bridgehead atoms. The molecule has 1 amide bonds. The van der Waals surface area contributed by atoms with Gasteiger partial charge in [0, 0.05) is 11.0 Å². The van der Waals surface area contributed by atoms with Crippen molar-refractivity contribution in [2.24, 2.45) is 0 Å². The molecule has 7 heteroatoms. The van der Waals surface area contributed by atoms with E-state index in [0.717, 1.165) is 23.9 Å². The SMILES string of the molecule is O=C(COc1ccc(Br)cc1)NNC(=S)NCCCc1ccccc1. The molecule has 3 N–H and O–H groups in total. The Hall–Kier alpha value is -2.12. The number of hydrazine groups is 1. The van der Waals surface area contributed by atoms with Crippen LogP contribution >= 0.6 is 28.1 Å². The molecule has 0 atom stereocenters. The maximum Gasteiger partial charge on any atom is 0.276 e. The summed E-state index contributed by atoms with van der Waals surface area (Å²) >= 11 is 8.45. The Morgan fingerprint density at radius 3 is 2.48 bits per heavy atom. The average Bonchev–Trinajstić information content (AvgIpc) is 2.64. The van der Waals surface area contributed by atoms with Gasteiger partial charge in [0.05, 0.1) is 0 Å². The minimum atomic E-state index is -0.309. The van der Waals surface area contributed by atoms with E-state index in [1.807, 2.05) is 30.3 Å². The zero-order valence-electron chi connectivity index (χ0n) is 13.6. The van der Waals surface area contributed by atoms with Gasteiger partial charge in [-0.3, -0.25) is 15.6 Å². The van der Waals surface area contributed by atoms with Crippen LogP contribution in [0.2, 0.25) is 0 Å². The Balaban J connectivity index is 1.54. The predicted octanol–water partition coefficient (Wildman–Crippen LogP) is 2.96. The molecule has 2 aromatic carbocycles. The van der Waals surface area contributed by atoms with Gasteiger partial charge in [0.15, 0.2) is 11.7 Å². The molecule has 0 aromatic heterocycles. The predicted molar refractivity (Wildman–Crippen MR) is 106 cm³/mol. The molecule has 2 aromatic rings. The third-order valence-corrected chi connectivity index (χ3v) is 4.04. The molecule has 0 saturated heterocycles. The van der Waals surface area contributed by atoms with E-state index in [9.17, 15) is 4.79 Å². The molecule has 0 aliphatic rings. The fourth-order valence-corrected chi connectivity index (χ4v) is 2.44. The second kappa shape index (κ2) is 10.7. The molecule has 0 aliphatic heterocycles. The zero-order valence-corrected chi connectivity index (χ0v) is 16.0. The topological polar surface area (TPSA) is 62.4 Å². The van der Waals surface area contributed by atoms with Gasteiger partial charge in [-0.1, -0.05) is 46.3 Å². The van der Waals surface area contributed by atoms with Crippen LogP contribution in [0.3, 0.4) is 0 Å². The van der Waals surface area contributed by atoms with Gasteiger partial charge < -0.3 is 10.1 Å². The van der Waals surface area contributed by atoms with E-state index in [1.165, 1.54) is 5.56 Å². The van der Waals surface area contributed by atoms with E-state index in [-0.39, 0.29) is 12.5 Å². The van der Waals surface area contributed by atoms with Crippen molar-refractivity contribution in [2.75, 3.05) is 13.2 Å². The quantitative estimate of drug-likeness (QED) is 0.364. The second-order valence-corrected chi connectivity index (χ2v) is 6.58. The van der Waals surface area contributed by atoms with Crippen LogP contribution in [0.4, 0.5) is 0 Å². The maximum atomic E-state index is 11.7. The van der Waals surface area contributed by atoms with Crippen molar-refractivity contribution in [3.8, 4) is 5.75 Å². The lowest BCUT2D eigenvalue weighted by atomic mass is 10.1. The normalized spacial score (nSPS) is 9.96. The van der Waals surface area contributed by atoms with Gasteiger partial charge in [-0.25, -0.2) is 0 Å². The monoisotopic (exact) mass is 421 g/mol. The number of hydrogen-bond acceptors (Lipinski definition) is 3. The summed E-state index contributed by atoms with van der Waals surface area (Å²) in [5.74, 6) is 0.316. The van der Waals surface area contributed by atoms with Crippen LogP contribution in [0.15, 0.2) is 59.1 Å². The van der Waals surface area contributed by atoms with Crippen LogP contribution in [0.25, 0.3) is 0 Å². The van der Waals surface area contributed by atoms with Gasteiger partial charge in [-0.15, -0.1) is 0 Å². The lowest BCUT2D eigenvalue weighted by molar-refractivity contribution is -0.123. The molecule has 0 heterocycles. The van der Waals surface area contributed by atoms with Gasteiger partial charge in [0.25, 0.3) is 5.91 Å². The fourth-order valence-electron chi connectivity index (χ4n) is 2.03. The van der Waals surface area contributed by atoms with E-state index >= 15 is 0 Å². The molecule has 0 fully saturated rings. The van der Waals surface area contributed by atoms with Gasteiger partial charge in [0.1, 0.15) is 5.75 Å². The lowest BCUT2D eigenvalue weighted by Gasteiger charge is -2.12. The van der Waals surface area contributed by atoms with Crippen molar-refractivity contribution in [2.45, 2.75) is 12.8 Å². The third kappa shape index (κ3) is 8.00. The molecule has 0 saturated carbocycles. The second-order valence-electron chi connectivity index (χ2n) is 5.26. The van der Waals surface area contributed by atoms with Crippen LogP contribution in [0.5, 0.6) is 5.75 Å². The molecule has 5 nitrogen and oxygen atoms in total. The molecule has 0 unspecified atom stereocenters. The Labute approximate surface area is 161 Å². The number of aryl methyl sites for hydroxylation is 1. The number of thiocarbonyl (C=S) groups is 1. The summed E-state index contributed by atoms with van der Waals surface area (Å²) in [6.07, 6.45) is 1.93. The first-order valence-corrected chi connectivity index (χ1v) is 9.08. The van der Waals surface area contributed by atoms with Crippen molar-refractivity contribution >= 4 is 39.2 Å². The van der Waals surface area contributed by atoms with Crippen LogP contribution in [-0.4, -0.2) is 24.2 Å². The number of hydrogen-bond donors (Lipinski definition) is 3. The number of amides is 1. The molecular formula is C18H20BrN3O2S. The molecule has 132 valence electrons. The number of benzene rings is 2. The summed E-state index contributed by atoms with van der Waals surface area (Å²) in [7, 11) is 0. The Morgan fingerprint density at radius 2 is 1.76 bits per heavy atom. The lowest BCUT2D eigenvalue weighted by Crippen LogP contribution is -2.48. The number of carbonyl (C=O) groups is 1. The summed E-state index contributed by atoms with van der Waals surface area (Å²) < 4.78 is 6.32.